The molecule has 1 N–H and O–H groups in total. The third-order valence-corrected chi connectivity index (χ3v) is 1.85. The van der Waals surface area contributed by atoms with Gasteiger partial charge in [-0.1, -0.05) is 6.08 Å². The van der Waals surface area contributed by atoms with Crippen molar-refractivity contribution in [2.75, 3.05) is 20.1 Å². The maximum atomic E-state index is 9.51. The molecule has 0 aromatic heterocycles. The first-order valence-electron chi connectivity index (χ1n) is 3.21. The smallest absolute Gasteiger partial charge is 0.0963 e. The van der Waals surface area contributed by atoms with Gasteiger partial charge in [0.25, 0.3) is 0 Å². The molecule has 0 aromatic carbocycles. The van der Waals surface area contributed by atoms with Gasteiger partial charge in [0, 0.05) is 13.1 Å². The van der Waals surface area contributed by atoms with Crippen LogP contribution in [0.3, 0.4) is 0 Å². The normalized spacial score (nSPS) is 37.1. The Hall–Kier alpha value is -0.340. The van der Waals surface area contributed by atoms with Crippen LogP contribution < -0.4 is 0 Å². The van der Waals surface area contributed by atoms with Crippen molar-refractivity contribution in [3.05, 3.63) is 12.7 Å². The van der Waals surface area contributed by atoms with E-state index in [1.54, 1.807) is 6.08 Å². The fourth-order valence-corrected chi connectivity index (χ4v) is 1.18. The predicted octanol–water partition coefficient (Wildman–Crippen LogP) is 0.239. The molecule has 0 amide bonds. The molecular formula is C7H13NO. The number of β-amino-alcohol motifs (C(OH)–C–C–N with tert-alkyl or cyclic N) is 1. The van der Waals surface area contributed by atoms with Crippen molar-refractivity contribution in [3.8, 4) is 0 Å². The summed E-state index contributed by atoms with van der Waals surface area (Å²) in [5, 5.41) is 9.51. The van der Waals surface area contributed by atoms with Gasteiger partial charge in [-0.05, 0) is 13.5 Å². The zero-order valence-electron chi connectivity index (χ0n) is 5.80. The summed E-state index contributed by atoms with van der Waals surface area (Å²) in [6.07, 6.45) is 2.46. The van der Waals surface area contributed by atoms with E-state index in [0.29, 0.717) is 0 Å². The highest BCUT2D eigenvalue weighted by Crippen LogP contribution is 2.19. The molecule has 2 heteroatoms. The molecule has 1 fully saturated rings. The highest BCUT2D eigenvalue weighted by molar-refractivity contribution is 5.01. The van der Waals surface area contributed by atoms with Gasteiger partial charge in [-0.2, -0.15) is 0 Å². The minimum absolute atomic E-state index is 0.602. The minimum atomic E-state index is -0.602. The number of hydrogen-bond acceptors (Lipinski definition) is 2. The first kappa shape index (κ1) is 6.78. The van der Waals surface area contributed by atoms with Gasteiger partial charge in [0.05, 0.1) is 5.60 Å². The van der Waals surface area contributed by atoms with Crippen LogP contribution in [0.15, 0.2) is 12.7 Å². The third-order valence-electron chi connectivity index (χ3n) is 1.85. The van der Waals surface area contributed by atoms with Gasteiger partial charge in [-0.25, -0.2) is 0 Å². The number of rotatable bonds is 1. The van der Waals surface area contributed by atoms with E-state index in [2.05, 4.69) is 11.5 Å². The summed E-state index contributed by atoms with van der Waals surface area (Å²) in [6, 6.07) is 0. The molecule has 1 heterocycles. The highest BCUT2D eigenvalue weighted by Gasteiger charge is 2.30. The van der Waals surface area contributed by atoms with Crippen LogP contribution in [0.4, 0.5) is 0 Å². The largest absolute Gasteiger partial charge is 0.384 e. The lowest BCUT2D eigenvalue weighted by atomic mass is 10.0. The van der Waals surface area contributed by atoms with Crippen molar-refractivity contribution < 1.29 is 5.11 Å². The molecular weight excluding hydrogens is 114 g/mol. The molecule has 1 atom stereocenters. The maximum absolute atomic E-state index is 9.51. The summed E-state index contributed by atoms with van der Waals surface area (Å²) in [6.45, 7) is 5.28. The molecule has 9 heavy (non-hydrogen) atoms. The van der Waals surface area contributed by atoms with E-state index in [1.807, 2.05) is 7.05 Å². The fourth-order valence-electron chi connectivity index (χ4n) is 1.18. The SMILES string of the molecule is C=CC1(O)CCN(C)C1. The van der Waals surface area contributed by atoms with Gasteiger partial charge in [-0.3, -0.25) is 0 Å². The average Bonchev–Trinajstić information content (AvgIpc) is 2.13. The maximum Gasteiger partial charge on any atom is 0.0963 e. The van der Waals surface area contributed by atoms with Crippen molar-refractivity contribution in [2.45, 2.75) is 12.0 Å². The van der Waals surface area contributed by atoms with Crippen molar-refractivity contribution >= 4 is 0 Å². The lowest BCUT2D eigenvalue weighted by molar-refractivity contribution is 0.102. The van der Waals surface area contributed by atoms with Crippen LogP contribution >= 0.6 is 0 Å². The zero-order chi connectivity index (χ0) is 6.91. The van der Waals surface area contributed by atoms with Crippen molar-refractivity contribution in [1.29, 1.82) is 0 Å². The molecule has 0 radical (unpaired) electrons. The van der Waals surface area contributed by atoms with E-state index in [9.17, 15) is 5.11 Å². The second-order valence-electron chi connectivity index (χ2n) is 2.80. The van der Waals surface area contributed by atoms with Crippen LogP contribution in [-0.4, -0.2) is 35.7 Å². The summed E-state index contributed by atoms with van der Waals surface area (Å²) >= 11 is 0. The van der Waals surface area contributed by atoms with Crippen LogP contribution in [-0.2, 0) is 0 Å². The van der Waals surface area contributed by atoms with Crippen LogP contribution in [0.5, 0.6) is 0 Å². The third kappa shape index (κ3) is 1.32. The molecule has 0 saturated carbocycles. The highest BCUT2D eigenvalue weighted by atomic mass is 16.3. The van der Waals surface area contributed by atoms with E-state index in [4.69, 9.17) is 0 Å². The molecule has 0 bridgehead atoms. The first-order chi connectivity index (χ1) is 4.16. The van der Waals surface area contributed by atoms with E-state index >= 15 is 0 Å². The molecule has 1 saturated heterocycles. The summed E-state index contributed by atoms with van der Waals surface area (Å²) in [7, 11) is 2.00. The Bertz CT molecular complexity index is 124. The molecule has 0 aromatic rings. The second kappa shape index (κ2) is 2.12. The van der Waals surface area contributed by atoms with Crippen molar-refractivity contribution in [2.24, 2.45) is 0 Å². The lowest BCUT2D eigenvalue weighted by Crippen LogP contribution is -2.28. The summed E-state index contributed by atoms with van der Waals surface area (Å²) in [5.41, 5.74) is -0.602. The lowest BCUT2D eigenvalue weighted by Gasteiger charge is -2.15. The van der Waals surface area contributed by atoms with Gasteiger partial charge < -0.3 is 10.0 Å². The fraction of sp³-hybridized carbons (Fsp3) is 0.714. The molecule has 2 nitrogen and oxygen atoms in total. The van der Waals surface area contributed by atoms with Crippen molar-refractivity contribution in [3.63, 3.8) is 0 Å². The summed E-state index contributed by atoms with van der Waals surface area (Å²) in [4.78, 5) is 2.10. The standard InChI is InChI=1S/C7H13NO/c1-3-7(9)4-5-8(2)6-7/h3,9H,1,4-6H2,2H3. The summed E-state index contributed by atoms with van der Waals surface area (Å²) < 4.78 is 0. The van der Waals surface area contributed by atoms with Crippen LogP contribution in [0.25, 0.3) is 0 Å². The van der Waals surface area contributed by atoms with Crippen LogP contribution in [0, 0.1) is 0 Å². The predicted molar refractivity (Wildman–Crippen MR) is 37.3 cm³/mol. The molecule has 1 unspecified atom stereocenters. The first-order valence-corrected chi connectivity index (χ1v) is 3.21. The van der Waals surface area contributed by atoms with Crippen molar-refractivity contribution in [1.82, 2.24) is 4.90 Å². The number of likely N-dealkylation sites (N-methyl/N-ethyl adjacent to an activating group) is 1. The monoisotopic (exact) mass is 127 g/mol. The van der Waals surface area contributed by atoms with E-state index in [0.717, 1.165) is 19.5 Å². The quantitative estimate of drug-likeness (QED) is 0.510. The topological polar surface area (TPSA) is 23.5 Å². The number of hydrogen-bond donors (Lipinski definition) is 1. The molecule has 1 aliphatic heterocycles. The van der Waals surface area contributed by atoms with Crippen LogP contribution in [0.1, 0.15) is 6.42 Å². The molecule has 52 valence electrons. The Balaban J connectivity index is 2.54. The number of aliphatic hydroxyl groups is 1. The van der Waals surface area contributed by atoms with Gasteiger partial charge in [0.15, 0.2) is 0 Å². The zero-order valence-corrected chi connectivity index (χ0v) is 5.80. The Kier molecular flexibility index (Phi) is 1.60. The molecule has 1 aliphatic rings. The van der Waals surface area contributed by atoms with Gasteiger partial charge >= 0.3 is 0 Å². The number of likely N-dealkylation sites (tertiary alicyclic amines) is 1. The van der Waals surface area contributed by atoms with Gasteiger partial charge in [0.1, 0.15) is 0 Å². The summed E-state index contributed by atoms with van der Waals surface area (Å²) in [5.74, 6) is 0. The average molecular weight is 127 g/mol. The van der Waals surface area contributed by atoms with Gasteiger partial charge in [-0.15, -0.1) is 6.58 Å². The Morgan fingerprint density at radius 3 is 2.67 bits per heavy atom. The molecule has 0 aliphatic carbocycles. The van der Waals surface area contributed by atoms with Crippen LogP contribution in [0.2, 0.25) is 0 Å². The second-order valence-corrected chi connectivity index (χ2v) is 2.80. The Morgan fingerprint density at radius 1 is 1.78 bits per heavy atom. The Morgan fingerprint density at radius 2 is 2.44 bits per heavy atom. The number of nitrogens with zero attached hydrogens (tertiary/aromatic N) is 1. The molecule has 0 spiro atoms. The van der Waals surface area contributed by atoms with Gasteiger partial charge in [0.2, 0.25) is 0 Å². The molecule has 1 rings (SSSR count). The minimum Gasteiger partial charge on any atom is -0.384 e. The van der Waals surface area contributed by atoms with E-state index < -0.39 is 5.60 Å². The Labute approximate surface area is 55.8 Å². The van der Waals surface area contributed by atoms with E-state index in [-0.39, 0.29) is 0 Å². The van der Waals surface area contributed by atoms with E-state index in [1.165, 1.54) is 0 Å².